The lowest BCUT2D eigenvalue weighted by Gasteiger charge is -2.34. The number of anilines is 3. The molecule has 5 heterocycles. The maximum Gasteiger partial charge on any atom is 0.303 e. The summed E-state index contributed by atoms with van der Waals surface area (Å²) in [5.41, 5.74) is 4.22. The summed E-state index contributed by atoms with van der Waals surface area (Å²) >= 11 is 0. The van der Waals surface area contributed by atoms with Crippen LogP contribution in [0.4, 0.5) is 17.6 Å². The highest BCUT2D eigenvalue weighted by atomic mass is 16.5. The Kier molecular flexibility index (Phi) is 10.1. The van der Waals surface area contributed by atoms with Crippen molar-refractivity contribution >= 4 is 34.6 Å². The monoisotopic (exact) mass is 627 g/mol. The van der Waals surface area contributed by atoms with Gasteiger partial charge in [-0.05, 0) is 51.3 Å². The Bertz CT molecular complexity index is 1610. The minimum Gasteiger partial charge on any atom is -0.481 e. The average molecular weight is 628 g/mol. The number of pyridine rings is 1. The highest BCUT2D eigenvalue weighted by Crippen LogP contribution is 2.30. The van der Waals surface area contributed by atoms with Crippen molar-refractivity contribution in [2.75, 3.05) is 63.1 Å². The second kappa shape index (κ2) is 14.5. The minimum absolute atomic E-state index is 0.197. The van der Waals surface area contributed by atoms with Crippen molar-refractivity contribution in [1.29, 1.82) is 0 Å². The quantitative estimate of drug-likeness (QED) is 0.225. The molecule has 12 heteroatoms. The Morgan fingerprint density at radius 1 is 0.978 bits per heavy atom. The third kappa shape index (κ3) is 7.63. The largest absolute Gasteiger partial charge is 0.481 e. The van der Waals surface area contributed by atoms with Gasteiger partial charge in [0, 0.05) is 83.2 Å². The molecule has 2 N–H and O–H groups in total. The van der Waals surface area contributed by atoms with E-state index < -0.39 is 5.97 Å². The molecule has 3 aromatic heterocycles. The molecule has 12 nitrogen and oxygen atoms in total. The number of aliphatic carboxylic acids is 1. The number of methoxy groups -OCH3 is 1. The maximum atomic E-state index is 10.8. The summed E-state index contributed by atoms with van der Waals surface area (Å²) in [5.74, 6) is 2.34. The molecular formula is C34H45N9O3. The third-order valence-electron chi connectivity index (χ3n) is 9.00. The molecule has 2 aliphatic heterocycles. The Balaban J connectivity index is 1.12. The van der Waals surface area contributed by atoms with E-state index >= 15 is 0 Å². The van der Waals surface area contributed by atoms with Crippen LogP contribution in [-0.4, -0.2) is 104 Å². The van der Waals surface area contributed by atoms with E-state index in [2.05, 4.69) is 72.7 Å². The number of piperidine rings is 1. The first kappa shape index (κ1) is 31.8. The van der Waals surface area contributed by atoms with Crippen molar-refractivity contribution < 1.29 is 14.6 Å². The molecule has 0 spiro atoms. The minimum atomic E-state index is -0.716. The van der Waals surface area contributed by atoms with Gasteiger partial charge in [-0.3, -0.25) is 9.69 Å². The molecule has 0 saturated carbocycles. The van der Waals surface area contributed by atoms with Gasteiger partial charge in [-0.1, -0.05) is 24.3 Å². The number of hydrogen-bond acceptors (Lipinski definition) is 10. The number of nitrogens with zero attached hydrogens (tertiary/aromatic N) is 8. The van der Waals surface area contributed by atoms with E-state index in [4.69, 9.17) is 19.8 Å². The van der Waals surface area contributed by atoms with Gasteiger partial charge in [-0.2, -0.15) is 4.98 Å². The van der Waals surface area contributed by atoms with Gasteiger partial charge in [0.15, 0.2) is 0 Å². The standard InChI is InChI=1S/C34H45N9O3/c1-24(2)43-29-21-31(38-30-10-13-35-34(39-30)42-15-11-27(46-3)12-16-42)36-22-28(29)37-33(43)26-8-6-25(7-9-26)23-41-19-17-40(18-20-41)14-4-5-32(44)45/h6-10,13,21-22,24,27H,4-5,11-12,14-20,23H2,1-3H3,(H,44,45)(H,35,36,38,39). The second-order valence-corrected chi connectivity index (χ2v) is 12.6. The zero-order valence-corrected chi connectivity index (χ0v) is 27.1. The Morgan fingerprint density at radius 2 is 1.72 bits per heavy atom. The number of carboxylic acids is 1. The Hall–Kier alpha value is -4.13. The molecule has 0 unspecified atom stereocenters. The van der Waals surface area contributed by atoms with Gasteiger partial charge in [-0.25, -0.2) is 15.0 Å². The number of nitrogens with one attached hydrogen (secondary N) is 1. The molecule has 244 valence electrons. The lowest BCUT2D eigenvalue weighted by molar-refractivity contribution is -0.137. The molecular weight excluding hydrogens is 582 g/mol. The highest BCUT2D eigenvalue weighted by Gasteiger charge is 2.22. The summed E-state index contributed by atoms with van der Waals surface area (Å²) in [4.78, 5) is 36.8. The zero-order chi connectivity index (χ0) is 32.0. The molecule has 6 rings (SSSR count). The van der Waals surface area contributed by atoms with E-state index in [0.717, 1.165) is 87.6 Å². The van der Waals surface area contributed by atoms with Crippen LogP contribution in [0.15, 0.2) is 48.8 Å². The number of piperazine rings is 1. The van der Waals surface area contributed by atoms with Crippen LogP contribution in [0.25, 0.3) is 22.4 Å². The van der Waals surface area contributed by atoms with Gasteiger partial charge in [-0.15, -0.1) is 0 Å². The molecule has 0 amide bonds. The van der Waals surface area contributed by atoms with Gasteiger partial charge in [0.1, 0.15) is 23.0 Å². The number of imidazole rings is 1. The maximum absolute atomic E-state index is 10.8. The van der Waals surface area contributed by atoms with Crippen molar-refractivity contribution in [2.45, 2.75) is 58.2 Å². The molecule has 2 aliphatic rings. The number of fused-ring (bicyclic) bond motifs is 1. The number of rotatable bonds is 12. The number of carboxylic acid groups (broad SMARTS) is 1. The number of aromatic nitrogens is 5. The summed E-state index contributed by atoms with van der Waals surface area (Å²) in [7, 11) is 1.78. The van der Waals surface area contributed by atoms with Crippen LogP contribution in [0.2, 0.25) is 0 Å². The lowest BCUT2D eigenvalue weighted by Crippen LogP contribution is -2.46. The van der Waals surface area contributed by atoms with Crippen LogP contribution in [0.1, 0.15) is 51.1 Å². The highest BCUT2D eigenvalue weighted by molar-refractivity contribution is 5.83. The number of benzene rings is 1. The van der Waals surface area contributed by atoms with Gasteiger partial charge < -0.3 is 29.5 Å². The summed E-state index contributed by atoms with van der Waals surface area (Å²) in [6.45, 7) is 11.8. The molecule has 46 heavy (non-hydrogen) atoms. The topological polar surface area (TPSA) is 125 Å². The van der Waals surface area contributed by atoms with E-state index in [-0.39, 0.29) is 12.5 Å². The predicted molar refractivity (Wildman–Crippen MR) is 179 cm³/mol. The van der Waals surface area contributed by atoms with E-state index in [1.807, 2.05) is 18.3 Å². The first-order valence-corrected chi connectivity index (χ1v) is 16.4. The van der Waals surface area contributed by atoms with Crippen LogP contribution >= 0.6 is 0 Å². The van der Waals surface area contributed by atoms with Crippen molar-refractivity contribution in [2.24, 2.45) is 0 Å². The van der Waals surface area contributed by atoms with Crippen molar-refractivity contribution in [3.05, 3.63) is 54.4 Å². The molecule has 0 aliphatic carbocycles. The first-order chi connectivity index (χ1) is 22.4. The van der Waals surface area contributed by atoms with Crippen LogP contribution in [0.3, 0.4) is 0 Å². The molecule has 2 saturated heterocycles. The molecule has 4 aromatic rings. The van der Waals surface area contributed by atoms with Crippen molar-refractivity contribution in [3.8, 4) is 11.4 Å². The van der Waals surface area contributed by atoms with Crippen LogP contribution in [-0.2, 0) is 16.1 Å². The number of hydrogen-bond donors (Lipinski definition) is 2. The second-order valence-electron chi connectivity index (χ2n) is 12.6. The molecule has 1 aromatic carbocycles. The van der Waals surface area contributed by atoms with E-state index in [1.54, 1.807) is 13.3 Å². The Labute approximate surface area is 270 Å². The van der Waals surface area contributed by atoms with Crippen molar-refractivity contribution in [3.63, 3.8) is 0 Å². The van der Waals surface area contributed by atoms with Crippen LogP contribution in [0.5, 0.6) is 0 Å². The van der Waals surface area contributed by atoms with Gasteiger partial charge in [0.05, 0.1) is 17.8 Å². The summed E-state index contributed by atoms with van der Waals surface area (Å²) < 4.78 is 7.78. The summed E-state index contributed by atoms with van der Waals surface area (Å²) in [6.07, 6.45) is 6.81. The van der Waals surface area contributed by atoms with Gasteiger partial charge in [0.2, 0.25) is 5.95 Å². The third-order valence-corrected chi connectivity index (χ3v) is 9.00. The van der Waals surface area contributed by atoms with Crippen LogP contribution in [0, 0.1) is 0 Å². The number of ether oxygens (including phenoxy) is 1. The fourth-order valence-electron chi connectivity index (χ4n) is 6.43. The normalized spacial score (nSPS) is 16.8. The SMILES string of the molecule is COC1CCN(c2nccc(Nc3cc4c(cn3)nc(-c3ccc(CN5CCN(CCCC(=O)O)CC5)cc3)n4C(C)C)n2)CC1. The van der Waals surface area contributed by atoms with E-state index in [1.165, 1.54) is 5.56 Å². The predicted octanol–water partition coefficient (Wildman–Crippen LogP) is 4.81. The summed E-state index contributed by atoms with van der Waals surface area (Å²) in [6, 6.07) is 12.9. The first-order valence-electron chi connectivity index (χ1n) is 16.4. The summed E-state index contributed by atoms with van der Waals surface area (Å²) in [5, 5.41) is 12.3. The Morgan fingerprint density at radius 3 is 2.41 bits per heavy atom. The van der Waals surface area contributed by atoms with Crippen LogP contribution < -0.4 is 10.2 Å². The molecule has 0 atom stereocenters. The number of carbonyl (C=O) groups is 1. The zero-order valence-electron chi connectivity index (χ0n) is 27.1. The van der Waals surface area contributed by atoms with Gasteiger partial charge in [0.25, 0.3) is 0 Å². The van der Waals surface area contributed by atoms with Crippen molar-refractivity contribution in [1.82, 2.24) is 34.3 Å². The molecule has 0 bridgehead atoms. The molecule has 2 fully saturated rings. The molecule has 0 radical (unpaired) electrons. The fraction of sp³-hybridized carbons (Fsp3) is 0.500. The smallest absolute Gasteiger partial charge is 0.303 e. The fourth-order valence-corrected chi connectivity index (χ4v) is 6.43. The average Bonchev–Trinajstić information content (AvgIpc) is 3.45. The van der Waals surface area contributed by atoms with E-state index in [9.17, 15) is 4.79 Å². The van der Waals surface area contributed by atoms with Gasteiger partial charge >= 0.3 is 5.97 Å². The van der Waals surface area contributed by atoms with E-state index in [0.29, 0.717) is 30.1 Å². The lowest BCUT2D eigenvalue weighted by atomic mass is 10.1.